The maximum atomic E-state index is 5.71. The van der Waals surface area contributed by atoms with Gasteiger partial charge in [0.25, 0.3) is 0 Å². The van der Waals surface area contributed by atoms with Crippen LogP contribution in [0.15, 0.2) is 29.8 Å². The van der Waals surface area contributed by atoms with Crippen LogP contribution < -0.4 is 9.64 Å². The van der Waals surface area contributed by atoms with E-state index in [1.54, 1.807) is 30.4 Å². The minimum atomic E-state index is 0.481. The molecular weight excluding hydrogens is 298 g/mol. The Hall–Kier alpha value is -1.89. The van der Waals surface area contributed by atoms with E-state index in [0.29, 0.717) is 18.4 Å². The van der Waals surface area contributed by atoms with E-state index in [2.05, 4.69) is 24.8 Å². The van der Waals surface area contributed by atoms with Crippen LogP contribution >= 0.6 is 11.8 Å². The number of aromatic nitrogens is 4. The molecule has 7 heteroatoms. The Balaban J connectivity index is 1.59. The summed E-state index contributed by atoms with van der Waals surface area (Å²) < 4.78 is 5.71. The molecule has 2 aromatic heterocycles. The molecule has 116 valence electrons. The summed E-state index contributed by atoms with van der Waals surface area (Å²) in [6.45, 7) is 4.62. The van der Waals surface area contributed by atoms with E-state index in [-0.39, 0.29) is 0 Å². The molecule has 0 spiro atoms. The van der Waals surface area contributed by atoms with Crippen LogP contribution in [0.2, 0.25) is 0 Å². The Labute approximate surface area is 134 Å². The molecule has 1 saturated heterocycles. The Morgan fingerprint density at radius 1 is 1.36 bits per heavy atom. The molecule has 3 rings (SSSR count). The monoisotopic (exact) mass is 317 g/mol. The Morgan fingerprint density at radius 2 is 2.27 bits per heavy atom. The van der Waals surface area contributed by atoms with Gasteiger partial charge in [-0.2, -0.15) is 0 Å². The van der Waals surface area contributed by atoms with Gasteiger partial charge < -0.3 is 9.64 Å². The molecule has 1 atom stereocenters. The first-order valence-electron chi connectivity index (χ1n) is 7.28. The van der Waals surface area contributed by atoms with Crippen LogP contribution in [0, 0.1) is 12.8 Å². The first-order valence-corrected chi connectivity index (χ1v) is 8.50. The second-order valence-corrected chi connectivity index (χ2v) is 6.08. The van der Waals surface area contributed by atoms with Crippen LogP contribution in [0.3, 0.4) is 0 Å². The molecule has 1 aliphatic rings. The molecule has 1 unspecified atom stereocenters. The quantitative estimate of drug-likeness (QED) is 0.619. The van der Waals surface area contributed by atoms with Gasteiger partial charge in [-0.15, -0.1) is 0 Å². The molecule has 0 radical (unpaired) electrons. The van der Waals surface area contributed by atoms with Crippen molar-refractivity contribution in [2.24, 2.45) is 5.92 Å². The molecule has 0 N–H and O–H groups in total. The van der Waals surface area contributed by atoms with Crippen LogP contribution in [0.4, 0.5) is 5.82 Å². The minimum absolute atomic E-state index is 0.481. The van der Waals surface area contributed by atoms with Crippen LogP contribution in [0.25, 0.3) is 0 Å². The summed E-state index contributed by atoms with van der Waals surface area (Å²) in [6, 6.07) is 2.05. The third-order valence-electron chi connectivity index (χ3n) is 3.62. The Kier molecular flexibility index (Phi) is 4.72. The van der Waals surface area contributed by atoms with Crippen molar-refractivity contribution in [1.82, 2.24) is 19.9 Å². The summed E-state index contributed by atoms with van der Waals surface area (Å²) in [6.07, 6.45) is 8.03. The molecule has 0 aromatic carbocycles. The van der Waals surface area contributed by atoms with Crippen LogP contribution in [-0.2, 0) is 0 Å². The van der Waals surface area contributed by atoms with E-state index in [9.17, 15) is 0 Å². The van der Waals surface area contributed by atoms with Gasteiger partial charge in [-0.3, -0.25) is 4.98 Å². The largest absolute Gasteiger partial charge is 0.476 e. The average molecular weight is 317 g/mol. The normalized spacial score (nSPS) is 17.7. The fourth-order valence-corrected chi connectivity index (χ4v) is 2.94. The number of hydrogen-bond donors (Lipinski definition) is 0. The molecular formula is C15H19N5OS. The lowest BCUT2D eigenvalue weighted by Gasteiger charge is -2.18. The summed E-state index contributed by atoms with van der Waals surface area (Å²) in [5, 5.41) is 0.828. The van der Waals surface area contributed by atoms with Gasteiger partial charge in [0.2, 0.25) is 5.88 Å². The van der Waals surface area contributed by atoms with Gasteiger partial charge in [0.05, 0.1) is 12.8 Å². The zero-order chi connectivity index (χ0) is 15.4. The van der Waals surface area contributed by atoms with Crippen molar-refractivity contribution >= 4 is 17.6 Å². The van der Waals surface area contributed by atoms with Gasteiger partial charge >= 0.3 is 0 Å². The summed E-state index contributed by atoms with van der Waals surface area (Å²) in [7, 11) is 0. The summed E-state index contributed by atoms with van der Waals surface area (Å²) in [4.78, 5) is 19.4. The topological polar surface area (TPSA) is 64.0 Å². The second kappa shape index (κ2) is 6.91. The highest BCUT2D eigenvalue weighted by atomic mass is 32.2. The molecule has 3 heterocycles. The predicted octanol–water partition coefficient (Wildman–Crippen LogP) is 2.20. The van der Waals surface area contributed by atoms with Crippen LogP contribution in [-0.4, -0.2) is 45.9 Å². The molecule has 6 nitrogen and oxygen atoms in total. The number of nitrogens with zero attached hydrogens (tertiary/aromatic N) is 5. The number of aryl methyl sites for hydroxylation is 1. The molecule has 2 aromatic rings. The first-order chi connectivity index (χ1) is 10.7. The lowest BCUT2D eigenvalue weighted by molar-refractivity contribution is 0.251. The zero-order valence-electron chi connectivity index (χ0n) is 12.8. The smallest absolute Gasteiger partial charge is 0.232 e. The van der Waals surface area contributed by atoms with E-state index < -0.39 is 0 Å². The maximum absolute atomic E-state index is 5.71. The van der Waals surface area contributed by atoms with Gasteiger partial charge in [0, 0.05) is 43.2 Å². The van der Waals surface area contributed by atoms with E-state index in [4.69, 9.17) is 4.74 Å². The third kappa shape index (κ3) is 3.65. The van der Waals surface area contributed by atoms with E-state index >= 15 is 0 Å². The molecule has 0 aliphatic carbocycles. The van der Waals surface area contributed by atoms with Crippen LogP contribution in [0.1, 0.15) is 12.1 Å². The minimum Gasteiger partial charge on any atom is -0.476 e. The van der Waals surface area contributed by atoms with Crippen LogP contribution in [0.5, 0.6) is 5.88 Å². The second-order valence-electron chi connectivity index (χ2n) is 5.31. The molecule has 0 amide bonds. The van der Waals surface area contributed by atoms with Crippen molar-refractivity contribution in [3.8, 4) is 5.88 Å². The summed E-state index contributed by atoms with van der Waals surface area (Å²) >= 11 is 1.58. The van der Waals surface area contributed by atoms with Gasteiger partial charge in [-0.1, -0.05) is 11.8 Å². The van der Waals surface area contributed by atoms with Gasteiger partial charge in [-0.05, 0) is 19.6 Å². The fraction of sp³-hybridized carbons (Fsp3) is 0.467. The standard InChI is InChI=1S/C15H19N5OS/c1-11-7-13(19-15(18-11)22-2)20-6-3-12(9-20)10-21-14-8-16-4-5-17-14/h4-5,7-8,12H,3,6,9-10H2,1-2H3. The Morgan fingerprint density at radius 3 is 3.05 bits per heavy atom. The number of ether oxygens (including phenoxy) is 1. The van der Waals surface area contributed by atoms with Crippen molar-refractivity contribution < 1.29 is 4.74 Å². The Bertz CT molecular complexity index is 625. The van der Waals surface area contributed by atoms with Gasteiger partial charge in [0.15, 0.2) is 5.16 Å². The zero-order valence-corrected chi connectivity index (χ0v) is 13.6. The molecule has 0 saturated carbocycles. The number of hydrogen-bond acceptors (Lipinski definition) is 7. The average Bonchev–Trinajstić information content (AvgIpc) is 3.02. The van der Waals surface area contributed by atoms with Crippen molar-refractivity contribution in [2.45, 2.75) is 18.5 Å². The fourth-order valence-electron chi connectivity index (χ4n) is 2.52. The number of thioether (sulfide) groups is 1. The highest BCUT2D eigenvalue weighted by Crippen LogP contribution is 2.24. The first kappa shape index (κ1) is 15.0. The molecule has 22 heavy (non-hydrogen) atoms. The molecule has 1 fully saturated rings. The summed E-state index contributed by atoms with van der Waals surface area (Å²) in [5.74, 6) is 2.08. The van der Waals surface area contributed by atoms with E-state index in [1.165, 1.54) is 0 Å². The highest BCUT2D eigenvalue weighted by Gasteiger charge is 2.24. The lowest BCUT2D eigenvalue weighted by Crippen LogP contribution is -2.23. The summed E-state index contributed by atoms with van der Waals surface area (Å²) in [5.41, 5.74) is 1.01. The van der Waals surface area contributed by atoms with Crippen molar-refractivity contribution in [2.75, 3.05) is 30.9 Å². The van der Waals surface area contributed by atoms with Crippen molar-refractivity contribution in [3.05, 3.63) is 30.4 Å². The van der Waals surface area contributed by atoms with E-state index in [0.717, 1.165) is 36.2 Å². The van der Waals surface area contributed by atoms with E-state index in [1.807, 2.05) is 19.2 Å². The lowest BCUT2D eigenvalue weighted by atomic mass is 10.1. The predicted molar refractivity (Wildman–Crippen MR) is 86.4 cm³/mol. The molecule has 0 bridgehead atoms. The van der Waals surface area contributed by atoms with Crippen molar-refractivity contribution in [1.29, 1.82) is 0 Å². The third-order valence-corrected chi connectivity index (χ3v) is 4.17. The SMILES string of the molecule is CSc1nc(C)cc(N2CCC(COc3cnccn3)C2)n1. The van der Waals surface area contributed by atoms with Gasteiger partial charge in [0.1, 0.15) is 5.82 Å². The maximum Gasteiger partial charge on any atom is 0.232 e. The number of anilines is 1. The van der Waals surface area contributed by atoms with Crippen molar-refractivity contribution in [3.63, 3.8) is 0 Å². The highest BCUT2D eigenvalue weighted by molar-refractivity contribution is 7.98. The number of rotatable bonds is 5. The van der Waals surface area contributed by atoms with Gasteiger partial charge in [-0.25, -0.2) is 15.0 Å². The molecule has 1 aliphatic heterocycles.